The molecular weight excluding hydrogens is 581 g/mol. The first-order valence-corrected chi connectivity index (χ1v) is 12.8. The van der Waals surface area contributed by atoms with E-state index in [1.54, 1.807) is 12.0 Å². The van der Waals surface area contributed by atoms with Crippen LogP contribution in [-0.4, -0.2) is 30.6 Å². The molecule has 0 atom stereocenters. The summed E-state index contributed by atoms with van der Waals surface area (Å²) in [6.45, 7) is 2.79. The maximum absolute atomic E-state index is 13.0. The summed E-state index contributed by atoms with van der Waals surface area (Å²) < 4.78 is 18.8. The number of hydrogen-bond donors (Lipinski definition) is 0. The summed E-state index contributed by atoms with van der Waals surface area (Å²) in [7, 11) is 1.60. The Morgan fingerprint density at radius 3 is 2.44 bits per heavy atom. The molecular formula is C26H22INO4S2. The Balaban J connectivity index is 1.47. The molecule has 1 amide bonds. The maximum Gasteiger partial charge on any atom is 0.270 e. The molecule has 3 aromatic rings. The van der Waals surface area contributed by atoms with Crippen molar-refractivity contribution in [2.24, 2.45) is 0 Å². The van der Waals surface area contributed by atoms with Gasteiger partial charge in [0.2, 0.25) is 0 Å². The number of methoxy groups -OCH3 is 1. The van der Waals surface area contributed by atoms with E-state index in [1.807, 2.05) is 79.7 Å². The van der Waals surface area contributed by atoms with Crippen molar-refractivity contribution in [3.8, 4) is 17.2 Å². The Morgan fingerprint density at radius 1 is 1.00 bits per heavy atom. The van der Waals surface area contributed by atoms with E-state index in [0.717, 1.165) is 26.1 Å². The van der Waals surface area contributed by atoms with E-state index in [9.17, 15) is 4.79 Å². The second-order valence-corrected chi connectivity index (χ2v) is 10.2. The fourth-order valence-corrected chi connectivity index (χ4v) is 5.48. The zero-order valence-corrected chi connectivity index (χ0v) is 22.4. The van der Waals surface area contributed by atoms with E-state index in [0.29, 0.717) is 33.9 Å². The third-order valence-corrected chi connectivity index (χ3v) is 7.14. The molecule has 0 N–H and O–H groups in total. The minimum atomic E-state index is -0.135. The molecule has 8 heteroatoms. The van der Waals surface area contributed by atoms with Crippen molar-refractivity contribution in [2.75, 3.05) is 25.2 Å². The fraction of sp³-hybridized carbons (Fsp3) is 0.154. The van der Waals surface area contributed by atoms with Crippen LogP contribution >= 0.6 is 46.6 Å². The van der Waals surface area contributed by atoms with Crippen LogP contribution in [-0.2, 0) is 4.79 Å². The number of amides is 1. The van der Waals surface area contributed by atoms with Gasteiger partial charge in [0.15, 0.2) is 15.8 Å². The summed E-state index contributed by atoms with van der Waals surface area (Å²) in [5, 5.41) is 0. The Hall–Kier alpha value is -2.56. The number of halogens is 1. The van der Waals surface area contributed by atoms with Gasteiger partial charge in [0.25, 0.3) is 5.91 Å². The largest absolute Gasteiger partial charge is 0.493 e. The van der Waals surface area contributed by atoms with Crippen LogP contribution < -0.4 is 19.1 Å². The molecule has 5 nitrogen and oxygen atoms in total. The predicted molar refractivity (Wildman–Crippen MR) is 150 cm³/mol. The van der Waals surface area contributed by atoms with Crippen molar-refractivity contribution in [3.05, 3.63) is 86.3 Å². The van der Waals surface area contributed by atoms with Crippen LogP contribution in [0.15, 0.2) is 71.6 Å². The van der Waals surface area contributed by atoms with Crippen LogP contribution in [0.2, 0.25) is 0 Å². The summed E-state index contributed by atoms with van der Waals surface area (Å²) in [5.74, 6) is 1.94. The number of thioether (sulfide) groups is 1. The van der Waals surface area contributed by atoms with Gasteiger partial charge in [-0.2, -0.15) is 0 Å². The predicted octanol–water partition coefficient (Wildman–Crippen LogP) is 6.47. The second kappa shape index (κ2) is 11.2. The van der Waals surface area contributed by atoms with E-state index in [-0.39, 0.29) is 5.91 Å². The van der Waals surface area contributed by atoms with Crippen LogP contribution in [0, 0.1) is 10.5 Å². The monoisotopic (exact) mass is 603 g/mol. The Morgan fingerprint density at radius 2 is 1.71 bits per heavy atom. The van der Waals surface area contributed by atoms with Crippen LogP contribution in [0.4, 0.5) is 5.69 Å². The van der Waals surface area contributed by atoms with Crippen molar-refractivity contribution in [2.45, 2.75) is 6.92 Å². The Bertz CT molecular complexity index is 1250. The SMILES string of the molecule is COc1cc(C=C2SC(=S)N(c3ccccc3)C2=O)cc(I)c1OCCOc1ccccc1C. The molecule has 0 aromatic heterocycles. The molecule has 1 aliphatic rings. The molecule has 0 unspecified atom stereocenters. The molecule has 0 aliphatic carbocycles. The molecule has 34 heavy (non-hydrogen) atoms. The van der Waals surface area contributed by atoms with E-state index >= 15 is 0 Å². The van der Waals surface area contributed by atoms with E-state index < -0.39 is 0 Å². The van der Waals surface area contributed by atoms with Crippen LogP contribution in [0.25, 0.3) is 6.08 Å². The lowest BCUT2D eigenvalue weighted by atomic mass is 10.1. The number of anilines is 1. The van der Waals surface area contributed by atoms with Gasteiger partial charge in [-0.05, 0) is 77.0 Å². The van der Waals surface area contributed by atoms with E-state index in [1.165, 1.54) is 11.8 Å². The summed E-state index contributed by atoms with van der Waals surface area (Å²) >= 11 is 8.96. The molecule has 1 heterocycles. The van der Waals surface area contributed by atoms with E-state index in [2.05, 4.69) is 22.6 Å². The van der Waals surface area contributed by atoms with Crippen molar-refractivity contribution >= 4 is 68.6 Å². The molecule has 1 saturated heterocycles. The number of thiocarbonyl (C=S) groups is 1. The fourth-order valence-electron chi connectivity index (χ4n) is 3.40. The van der Waals surface area contributed by atoms with Gasteiger partial charge in [-0.3, -0.25) is 9.69 Å². The number of aryl methyl sites for hydroxylation is 1. The number of ether oxygens (including phenoxy) is 3. The number of para-hydroxylation sites is 2. The van der Waals surface area contributed by atoms with Crippen LogP contribution in [0.3, 0.4) is 0 Å². The number of rotatable bonds is 8. The van der Waals surface area contributed by atoms with Crippen molar-refractivity contribution in [3.63, 3.8) is 0 Å². The number of carbonyl (C=O) groups excluding carboxylic acids is 1. The average molecular weight is 604 g/mol. The first-order chi connectivity index (χ1) is 16.5. The van der Waals surface area contributed by atoms with Gasteiger partial charge < -0.3 is 14.2 Å². The third kappa shape index (κ3) is 5.56. The summed E-state index contributed by atoms with van der Waals surface area (Å²) in [4.78, 5) is 15.1. The highest BCUT2D eigenvalue weighted by Gasteiger charge is 2.33. The molecule has 3 aromatic carbocycles. The lowest BCUT2D eigenvalue weighted by Crippen LogP contribution is -2.27. The Labute approximate surface area is 222 Å². The topological polar surface area (TPSA) is 48.0 Å². The smallest absolute Gasteiger partial charge is 0.270 e. The van der Waals surface area contributed by atoms with E-state index in [4.69, 9.17) is 26.4 Å². The Kier molecular flexibility index (Phi) is 8.12. The second-order valence-electron chi connectivity index (χ2n) is 7.35. The minimum absolute atomic E-state index is 0.135. The summed E-state index contributed by atoms with van der Waals surface area (Å²) in [6.07, 6.45) is 1.83. The summed E-state index contributed by atoms with van der Waals surface area (Å²) in [5.41, 5.74) is 2.67. The first kappa shape index (κ1) is 24.6. The van der Waals surface area contributed by atoms with Gasteiger partial charge in [0.05, 0.1) is 21.3 Å². The number of carbonyl (C=O) groups is 1. The molecule has 0 spiro atoms. The van der Waals surface area contributed by atoms with Crippen LogP contribution in [0.1, 0.15) is 11.1 Å². The molecule has 1 fully saturated rings. The lowest BCUT2D eigenvalue weighted by molar-refractivity contribution is -0.113. The highest BCUT2D eigenvalue weighted by atomic mass is 127. The zero-order valence-electron chi connectivity index (χ0n) is 18.6. The average Bonchev–Trinajstić information content (AvgIpc) is 3.11. The molecule has 4 rings (SSSR count). The third-order valence-electron chi connectivity index (χ3n) is 5.04. The van der Waals surface area contributed by atoms with Crippen molar-refractivity contribution in [1.29, 1.82) is 0 Å². The maximum atomic E-state index is 13.0. The molecule has 0 bridgehead atoms. The number of benzene rings is 3. The molecule has 1 aliphatic heterocycles. The van der Waals surface area contributed by atoms with Gasteiger partial charge in [-0.1, -0.05) is 60.4 Å². The quantitative estimate of drug-likeness (QED) is 0.127. The highest BCUT2D eigenvalue weighted by molar-refractivity contribution is 14.1. The van der Waals surface area contributed by atoms with Gasteiger partial charge in [-0.15, -0.1) is 0 Å². The number of hydrogen-bond acceptors (Lipinski definition) is 6. The van der Waals surface area contributed by atoms with Gasteiger partial charge in [0, 0.05) is 0 Å². The van der Waals surface area contributed by atoms with Crippen molar-refractivity contribution < 1.29 is 19.0 Å². The minimum Gasteiger partial charge on any atom is -0.493 e. The molecule has 174 valence electrons. The van der Waals surface area contributed by atoms with Crippen LogP contribution in [0.5, 0.6) is 17.2 Å². The van der Waals surface area contributed by atoms with Gasteiger partial charge in [-0.25, -0.2) is 0 Å². The highest BCUT2D eigenvalue weighted by Crippen LogP contribution is 2.38. The lowest BCUT2D eigenvalue weighted by Gasteiger charge is -2.15. The van der Waals surface area contributed by atoms with Crippen molar-refractivity contribution in [1.82, 2.24) is 0 Å². The normalized spacial score (nSPS) is 14.6. The summed E-state index contributed by atoms with van der Waals surface area (Å²) in [6, 6.07) is 21.1. The van der Waals surface area contributed by atoms with Gasteiger partial charge in [0.1, 0.15) is 19.0 Å². The zero-order chi connectivity index (χ0) is 24.1. The first-order valence-electron chi connectivity index (χ1n) is 10.5. The number of nitrogens with zero attached hydrogens (tertiary/aromatic N) is 1. The molecule has 0 saturated carbocycles. The standard InChI is InChI=1S/C26H22INO4S2/c1-17-8-6-7-11-21(17)31-12-13-32-24-20(27)14-18(15-22(24)30-2)16-23-25(29)28(26(33)34-23)19-9-4-3-5-10-19/h3-11,14-16H,12-13H2,1-2H3. The molecule has 0 radical (unpaired) electrons. The van der Waals surface area contributed by atoms with Gasteiger partial charge >= 0.3 is 0 Å².